The van der Waals surface area contributed by atoms with Gasteiger partial charge in [-0.3, -0.25) is 0 Å². The molecule has 0 aromatic carbocycles. The van der Waals surface area contributed by atoms with Gasteiger partial charge in [0.1, 0.15) is 0 Å². The van der Waals surface area contributed by atoms with Crippen molar-refractivity contribution in [3.63, 3.8) is 0 Å². The molecule has 1 aliphatic heterocycles. The van der Waals surface area contributed by atoms with E-state index >= 15 is 0 Å². The number of hydrogen-bond acceptors (Lipinski definition) is 3. The molecule has 0 bridgehead atoms. The quantitative estimate of drug-likeness (QED) is 0.810. The first-order valence-electron chi connectivity index (χ1n) is 7.80. The molecular weight excluding hydrogens is 238 g/mol. The van der Waals surface area contributed by atoms with Gasteiger partial charge < -0.3 is 15.6 Å². The van der Waals surface area contributed by atoms with Crippen LogP contribution < -0.4 is 5.73 Å². The highest BCUT2D eigenvalue weighted by atomic mass is 16.5. The Hall–Kier alpha value is -0.120. The molecule has 19 heavy (non-hydrogen) atoms. The lowest BCUT2D eigenvalue weighted by molar-refractivity contribution is -0.197. The standard InChI is InChI=1S/C16H31NO2/c1-12-9-16(18,10-13(2)19-12)15(11-17)7-5-14(3,4)6-8-15/h12-13,18H,5-11,17H2,1-4H3. The van der Waals surface area contributed by atoms with Gasteiger partial charge in [-0.05, 0) is 44.9 Å². The third kappa shape index (κ3) is 2.84. The summed E-state index contributed by atoms with van der Waals surface area (Å²) in [6, 6.07) is 0. The van der Waals surface area contributed by atoms with Crippen LogP contribution in [0.4, 0.5) is 0 Å². The second-order valence-corrected chi connectivity index (χ2v) is 7.85. The molecule has 0 spiro atoms. The highest BCUT2D eigenvalue weighted by molar-refractivity contribution is 5.06. The van der Waals surface area contributed by atoms with Gasteiger partial charge in [-0.1, -0.05) is 13.8 Å². The molecule has 0 amide bonds. The molecule has 0 aromatic heterocycles. The van der Waals surface area contributed by atoms with E-state index in [4.69, 9.17) is 10.5 Å². The van der Waals surface area contributed by atoms with Crippen molar-refractivity contribution in [3.8, 4) is 0 Å². The second-order valence-electron chi connectivity index (χ2n) is 7.85. The summed E-state index contributed by atoms with van der Waals surface area (Å²) in [6.07, 6.45) is 6.15. The number of rotatable bonds is 2. The first-order chi connectivity index (χ1) is 8.72. The summed E-state index contributed by atoms with van der Waals surface area (Å²) in [5.41, 5.74) is 5.79. The minimum absolute atomic E-state index is 0.102. The summed E-state index contributed by atoms with van der Waals surface area (Å²) < 4.78 is 5.80. The van der Waals surface area contributed by atoms with Crippen LogP contribution in [0.25, 0.3) is 0 Å². The highest BCUT2D eigenvalue weighted by Crippen LogP contribution is 2.54. The summed E-state index contributed by atoms with van der Waals surface area (Å²) in [5.74, 6) is 0. The molecule has 2 unspecified atom stereocenters. The van der Waals surface area contributed by atoms with Crippen molar-refractivity contribution in [1.29, 1.82) is 0 Å². The molecule has 0 radical (unpaired) electrons. The van der Waals surface area contributed by atoms with E-state index in [1.165, 1.54) is 0 Å². The maximum absolute atomic E-state index is 11.3. The molecule has 1 aliphatic carbocycles. The number of aliphatic hydroxyl groups is 1. The third-order valence-electron chi connectivity index (χ3n) is 5.65. The summed E-state index contributed by atoms with van der Waals surface area (Å²) in [4.78, 5) is 0. The van der Waals surface area contributed by atoms with Gasteiger partial charge in [-0.15, -0.1) is 0 Å². The average molecular weight is 269 g/mol. The summed E-state index contributed by atoms with van der Waals surface area (Å²) in [6.45, 7) is 9.38. The van der Waals surface area contributed by atoms with E-state index in [9.17, 15) is 5.11 Å². The number of ether oxygens (including phenoxy) is 1. The Kier molecular flexibility index (Phi) is 4.03. The molecule has 1 saturated heterocycles. The first kappa shape index (κ1) is 15.3. The van der Waals surface area contributed by atoms with Crippen molar-refractivity contribution in [1.82, 2.24) is 0 Å². The fourth-order valence-electron chi connectivity index (χ4n) is 4.23. The van der Waals surface area contributed by atoms with Crippen LogP contribution in [0.15, 0.2) is 0 Å². The zero-order valence-electron chi connectivity index (χ0n) is 13.0. The third-order valence-corrected chi connectivity index (χ3v) is 5.65. The van der Waals surface area contributed by atoms with Crippen LogP contribution in [-0.4, -0.2) is 29.5 Å². The van der Waals surface area contributed by atoms with Gasteiger partial charge in [-0.25, -0.2) is 0 Å². The Bertz CT molecular complexity index is 307. The molecule has 2 fully saturated rings. The minimum Gasteiger partial charge on any atom is -0.389 e. The van der Waals surface area contributed by atoms with Crippen LogP contribution in [0, 0.1) is 10.8 Å². The molecular formula is C16H31NO2. The molecule has 112 valence electrons. The van der Waals surface area contributed by atoms with Gasteiger partial charge in [0.15, 0.2) is 0 Å². The van der Waals surface area contributed by atoms with Gasteiger partial charge in [-0.2, -0.15) is 0 Å². The van der Waals surface area contributed by atoms with E-state index in [0.717, 1.165) is 38.5 Å². The molecule has 2 aliphatic rings. The van der Waals surface area contributed by atoms with Crippen molar-refractivity contribution in [3.05, 3.63) is 0 Å². The Labute approximate surface area is 117 Å². The van der Waals surface area contributed by atoms with Crippen molar-refractivity contribution in [2.75, 3.05) is 6.54 Å². The molecule has 3 nitrogen and oxygen atoms in total. The van der Waals surface area contributed by atoms with Gasteiger partial charge in [0.25, 0.3) is 0 Å². The van der Waals surface area contributed by atoms with E-state index in [1.807, 2.05) is 0 Å². The van der Waals surface area contributed by atoms with Crippen LogP contribution in [0.2, 0.25) is 0 Å². The first-order valence-corrected chi connectivity index (χ1v) is 7.80. The van der Waals surface area contributed by atoms with Gasteiger partial charge in [0.2, 0.25) is 0 Å². The van der Waals surface area contributed by atoms with Gasteiger partial charge in [0, 0.05) is 24.8 Å². The van der Waals surface area contributed by atoms with E-state index in [-0.39, 0.29) is 17.6 Å². The molecule has 3 N–H and O–H groups in total. The van der Waals surface area contributed by atoms with Crippen LogP contribution in [0.5, 0.6) is 0 Å². The SMILES string of the molecule is CC1CC(O)(C2(CN)CCC(C)(C)CC2)CC(C)O1. The van der Waals surface area contributed by atoms with Crippen LogP contribution in [0.3, 0.4) is 0 Å². The maximum Gasteiger partial charge on any atom is 0.0764 e. The molecule has 3 heteroatoms. The number of hydrogen-bond donors (Lipinski definition) is 2. The Morgan fingerprint density at radius 2 is 1.53 bits per heavy atom. The Morgan fingerprint density at radius 1 is 1.05 bits per heavy atom. The average Bonchev–Trinajstić information content (AvgIpc) is 2.27. The lowest BCUT2D eigenvalue weighted by Crippen LogP contribution is -2.59. The van der Waals surface area contributed by atoms with Crippen LogP contribution in [-0.2, 0) is 4.74 Å². The lowest BCUT2D eigenvalue weighted by Gasteiger charge is -2.55. The van der Waals surface area contributed by atoms with E-state index in [1.54, 1.807) is 0 Å². The zero-order valence-corrected chi connectivity index (χ0v) is 13.0. The predicted octanol–water partition coefficient (Wildman–Crippen LogP) is 2.85. The van der Waals surface area contributed by atoms with Gasteiger partial charge >= 0.3 is 0 Å². The zero-order chi connectivity index (χ0) is 14.3. The van der Waals surface area contributed by atoms with Crippen molar-refractivity contribution >= 4 is 0 Å². The predicted molar refractivity (Wildman–Crippen MR) is 77.9 cm³/mol. The van der Waals surface area contributed by atoms with Crippen LogP contribution >= 0.6 is 0 Å². The smallest absolute Gasteiger partial charge is 0.0764 e. The molecule has 1 saturated carbocycles. The van der Waals surface area contributed by atoms with Crippen LogP contribution in [0.1, 0.15) is 66.2 Å². The van der Waals surface area contributed by atoms with Crippen molar-refractivity contribution < 1.29 is 9.84 Å². The summed E-state index contributed by atoms with van der Waals surface area (Å²) in [7, 11) is 0. The van der Waals surface area contributed by atoms with Crippen molar-refractivity contribution in [2.45, 2.75) is 84.0 Å². The second kappa shape index (κ2) is 5.01. The minimum atomic E-state index is -0.644. The number of nitrogens with two attached hydrogens (primary N) is 1. The summed E-state index contributed by atoms with van der Waals surface area (Å²) in [5, 5.41) is 11.3. The normalized spacial score (nSPS) is 42.0. The molecule has 1 heterocycles. The van der Waals surface area contributed by atoms with Crippen molar-refractivity contribution in [2.24, 2.45) is 16.6 Å². The highest BCUT2D eigenvalue weighted by Gasteiger charge is 2.54. The maximum atomic E-state index is 11.3. The Morgan fingerprint density at radius 3 is 1.95 bits per heavy atom. The Balaban J connectivity index is 2.21. The fourth-order valence-corrected chi connectivity index (χ4v) is 4.23. The van der Waals surface area contributed by atoms with E-state index < -0.39 is 5.60 Å². The molecule has 2 atom stereocenters. The van der Waals surface area contributed by atoms with E-state index in [2.05, 4.69) is 27.7 Å². The van der Waals surface area contributed by atoms with E-state index in [0.29, 0.717) is 12.0 Å². The topological polar surface area (TPSA) is 55.5 Å². The lowest BCUT2D eigenvalue weighted by atomic mass is 9.55. The summed E-state index contributed by atoms with van der Waals surface area (Å²) >= 11 is 0. The largest absolute Gasteiger partial charge is 0.389 e. The fraction of sp³-hybridized carbons (Fsp3) is 1.00. The monoisotopic (exact) mass is 269 g/mol. The molecule has 0 aromatic rings. The molecule has 2 rings (SSSR count). The van der Waals surface area contributed by atoms with Gasteiger partial charge in [0.05, 0.1) is 17.8 Å².